The fourth-order valence-electron chi connectivity index (χ4n) is 3.63. The van der Waals surface area contributed by atoms with E-state index >= 15 is 0 Å². The predicted octanol–water partition coefficient (Wildman–Crippen LogP) is 1.08. The summed E-state index contributed by atoms with van der Waals surface area (Å²) in [7, 11) is 1.64. The summed E-state index contributed by atoms with van der Waals surface area (Å²) >= 11 is 0. The van der Waals surface area contributed by atoms with Crippen LogP contribution in [0.2, 0.25) is 0 Å². The largest absolute Gasteiger partial charge is 0.482 e. The normalized spacial score (nSPS) is 22.4. The molecule has 2 aromatic rings. The van der Waals surface area contributed by atoms with Gasteiger partial charge in [-0.2, -0.15) is 5.26 Å². The van der Waals surface area contributed by atoms with Crippen molar-refractivity contribution in [2.45, 2.75) is 17.7 Å². The predicted molar refractivity (Wildman–Crippen MR) is 101 cm³/mol. The Morgan fingerprint density at radius 1 is 1.21 bits per heavy atom. The van der Waals surface area contributed by atoms with Crippen LogP contribution in [-0.2, 0) is 10.6 Å². The maximum atomic E-state index is 9.87. The molecule has 0 radical (unpaired) electrons. The van der Waals surface area contributed by atoms with Gasteiger partial charge in [0.2, 0.25) is 11.7 Å². The molecule has 2 aromatic carbocycles. The molecule has 1 spiro atoms. The van der Waals surface area contributed by atoms with Crippen molar-refractivity contribution in [1.82, 2.24) is 5.06 Å². The Labute approximate surface area is 162 Å². The Morgan fingerprint density at radius 3 is 2.61 bits per heavy atom. The van der Waals surface area contributed by atoms with Gasteiger partial charge >= 0.3 is 0 Å². The molecule has 28 heavy (non-hydrogen) atoms. The van der Waals surface area contributed by atoms with E-state index in [1.165, 1.54) is 5.06 Å². The third kappa shape index (κ3) is 2.77. The number of aliphatic hydroxyl groups is 2. The van der Waals surface area contributed by atoms with Gasteiger partial charge in [-0.3, -0.25) is 0 Å². The fraction of sp³-hybridized carbons (Fsp3) is 0.300. The van der Waals surface area contributed by atoms with Crippen LogP contribution in [0.5, 0.6) is 5.75 Å². The fourth-order valence-corrected chi connectivity index (χ4v) is 3.63. The third-order valence-electron chi connectivity index (χ3n) is 5.10. The number of benzene rings is 2. The number of nitrogens with two attached hydrogens (primary N) is 1. The molecule has 0 bridgehead atoms. The summed E-state index contributed by atoms with van der Waals surface area (Å²) in [5, 5.41) is 30.3. The topological polar surface area (TPSA) is 124 Å². The molecule has 8 nitrogen and oxygen atoms in total. The summed E-state index contributed by atoms with van der Waals surface area (Å²) in [4.78, 5) is 10.5. The molecule has 0 fully saturated rings. The lowest BCUT2D eigenvalue weighted by Gasteiger charge is -2.43. The van der Waals surface area contributed by atoms with Crippen molar-refractivity contribution in [1.29, 1.82) is 5.26 Å². The van der Waals surface area contributed by atoms with Crippen LogP contribution in [0.4, 0.5) is 0 Å². The van der Waals surface area contributed by atoms with Gasteiger partial charge in [0.05, 0.1) is 30.4 Å². The minimum absolute atomic E-state index is 0.0900. The first kappa shape index (κ1) is 18.3. The Balaban J connectivity index is 1.87. The molecule has 0 saturated heterocycles. The van der Waals surface area contributed by atoms with Gasteiger partial charge in [-0.15, -0.1) is 0 Å². The highest BCUT2D eigenvalue weighted by Crippen LogP contribution is 2.49. The maximum Gasteiger partial charge on any atom is 0.222 e. The summed E-state index contributed by atoms with van der Waals surface area (Å²) in [6.45, 7) is -0.807. The second-order valence-corrected chi connectivity index (χ2v) is 7.02. The third-order valence-corrected chi connectivity index (χ3v) is 5.10. The Bertz CT molecular complexity index is 996. The second-order valence-electron chi connectivity index (χ2n) is 7.02. The van der Waals surface area contributed by atoms with Gasteiger partial charge in [-0.05, 0) is 35.4 Å². The molecule has 144 valence electrons. The highest BCUT2D eigenvalue weighted by atomic mass is 16.7. The molecular weight excluding hydrogens is 360 g/mol. The first-order valence-corrected chi connectivity index (χ1v) is 8.78. The molecule has 0 saturated carbocycles. The molecule has 8 heteroatoms. The SMILES string of the molecule is CN1OC2(CC(CO)(CO)Oc3ccc(-c4cccc(C#N)c4)cc32)N=C1N. The quantitative estimate of drug-likeness (QED) is 0.728. The minimum atomic E-state index is -1.25. The van der Waals surface area contributed by atoms with Crippen LogP contribution >= 0.6 is 0 Å². The molecule has 2 aliphatic heterocycles. The van der Waals surface area contributed by atoms with Crippen LogP contribution in [0.1, 0.15) is 17.5 Å². The molecule has 0 aliphatic carbocycles. The molecule has 1 atom stereocenters. The second kappa shape index (κ2) is 6.49. The number of ether oxygens (including phenoxy) is 1. The zero-order valence-corrected chi connectivity index (χ0v) is 15.3. The van der Waals surface area contributed by atoms with Crippen LogP contribution in [0.25, 0.3) is 11.1 Å². The van der Waals surface area contributed by atoms with E-state index in [0.29, 0.717) is 16.9 Å². The van der Waals surface area contributed by atoms with Gasteiger partial charge in [0.1, 0.15) is 5.75 Å². The molecule has 0 amide bonds. The number of hydrogen-bond acceptors (Lipinski definition) is 8. The molecule has 4 N–H and O–H groups in total. The average Bonchev–Trinajstić information content (AvgIpc) is 3.01. The smallest absolute Gasteiger partial charge is 0.222 e. The summed E-state index contributed by atoms with van der Waals surface area (Å²) in [6, 6.07) is 14.9. The highest BCUT2D eigenvalue weighted by Gasteiger charge is 2.54. The monoisotopic (exact) mass is 380 g/mol. The zero-order chi connectivity index (χ0) is 19.9. The maximum absolute atomic E-state index is 9.87. The van der Waals surface area contributed by atoms with E-state index < -0.39 is 24.5 Å². The number of aliphatic imine (C=N–C) groups is 1. The van der Waals surface area contributed by atoms with Crippen LogP contribution in [0.3, 0.4) is 0 Å². The standard InChI is InChI=1S/C20H20N4O4/c1-24-18(22)23-20(28-24)10-19(11-25,12-26)27-17-6-5-15(8-16(17)20)14-4-2-3-13(7-14)9-21/h2-8,25-26H,10-12H2,1H3,(H2,22,23). The number of hydrogen-bond donors (Lipinski definition) is 3. The van der Waals surface area contributed by atoms with E-state index in [1.54, 1.807) is 25.2 Å². The lowest BCUT2D eigenvalue weighted by Crippen LogP contribution is -2.53. The van der Waals surface area contributed by atoms with E-state index in [0.717, 1.165) is 11.1 Å². The number of rotatable bonds is 3. The molecule has 4 rings (SSSR count). The number of nitriles is 1. The summed E-state index contributed by atoms with van der Waals surface area (Å²) in [6.07, 6.45) is 0.0900. The number of guanidine groups is 1. The van der Waals surface area contributed by atoms with Crippen LogP contribution in [0.15, 0.2) is 47.5 Å². The zero-order valence-electron chi connectivity index (χ0n) is 15.3. The van der Waals surface area contributed by atoms with E-state index in [2.05, 4.69) is 11.1 Å². The van der Waals surface area contributed by atoms with Crippen LogP contribution in [0, 0.1) is 11.3 Å². The molecule has 2 heterocycles. The number of hydroxylamine groups is 2. The van der Waals surface area contributed by atoms with Gasteiger partial charge in [-0.1, -0.05) is 18.2 Å². The Morgan fingerprint density at radius 2 is 1.96 bits per heavy atom. The number of nitrogens with zero attached hydrogens (tertiary/aromatic N) is 3. The molecular formula is C20H20N4O4. The van der Waals surface area contributed by atoms with Crippen molar-refractivity contribution in [3.8, 4) is 22.9 Å². The van der Waals surface area contributed by atoms with Crippen molar-refractivity contribution in [2.75, 3.05) is 20.3 Å². The highest BCUT2D eigenvalue weighted by molar-refractivity contribution is 5.79. The number of aliphatic hydroxyl groups excluding tert-OH is 2. The Hall–Kier alpha value is -3.12. The van der Waals surface area contributed by atoms with Crippen molar-refractivity contribution < 1.29 is 19.8 Å². The van der Waals surface area contributed by atoms with E-state index in [9.17, 15) is 10.2 Å². The van der Waals surface area contributed by atoms with Gasteiger partial charge in [0.25, 0.3) is 0 Å². The van der Waals surface area contributed by atoms with Gasteiger partial charge in [-0.25, -0.2) is 14.9 Å². The van der Waals surface area contributed by atoms with Crippen molar-refractivity contribution >= 4 is 5.96 Å². The lowest BCUT2D eigenvalue weighted by molar-refractivity contribution is -0.213. The molecule has 0 aromatic heterocycles. The summed E-state index contributed by atoms with van der Waals surface area (Å²) in [5.74, 6) is 0.635. The lowest BCUT2D eigenvalue weighted by atomic mass is 9.84. The summed E-state index contributed by atoms with van der Waals surface area (Å²) < 4.78 is 5.95. The number of fused-ring (bicyclic) bond motifs is 2. The first-order chi connectivity index (χ1) is 13.4. The van der Waals surface area contributed by atoms with E-state index in [4.69, 9.17) is 20.6 Å². The van der Waals surface area contributed by atoms with E-state index in [1.807, 2.05) is 24.3 Å². The Kier molecular flexibility index (Phi) is 4.23. The van der Waals surface area contributed by atoms with Gasteiger partial charge in [0, 0.05) is 13.5 Å². The van der Waals surface area contributed by atoms with Crippen molar-refractivity contribution in [3.05, 3.63) is 53.6 Å². The molecule has 2 aliphatic rings. The van der Waals surface area contributed by atoms with Crippen molar-refractivity contribution in [2.24, 2.45) is 10.7 Å². The molecule has 1 unspecified atom stereocenters. The van der Waals surface area contributed by atoms with Crippen LogP contribution < -0.4 is 10.5 Å². The average molecular weight is 380 g/mol. The van der Waals surface area contributed by atoms with Crippen LogP contribution in [-0.4, -0.2) is 47.1 Å². The minimum Gasteiger partial charge on any atom is -0.482 e. The van der Waals surface area contributed by atoms with Gasteiger partial charge in [0.15, 0.2) is 5.60 Å². The van der Waals surface area contributed by atoms with E-state index in [-0.39, 0.29) is 12.4 Å². The van der Waals surface area contributed by atoms with Gasteiger partial charge < -0.3 is 20.7 Å². The van der Waals surface area contributed by atoms with Crippen molar-refractivity contribution in [3.63, 3.8) is 0 Å². The summed E-state index contributed by atoms with van der Waals surface area (Å²) in [5.41, 5.74) is 6.39. The first-order valence-electron chi connectivity index (χ1n) is 8.78.